The van der Waals surface area contributed by atoms with Gasteiger partial charge in [-0.25, -0.2) is 0 Å². The molecule has 2 aliphatic rings. The average Bonchev–Trinajstić information content (AvgIpc) is 2.28. The predicted octanol–water partition coefficient (Wildman–Crippen LogP) is -0.569. The number of hydrogen-bond donors (Lipinski definition) is 3. The van der Waals surface area contributed by atoms with Crippen LogP contribution in [0.3, 0.4) is 0 Å². The first kappa shape index (κ1) is 8.01. The van der Waals surface area contributed by atoms with Crippen LogP contribution < -0.4 is 5.32 Å². The molecule has 68 valence electrons. The number of aliphatic carboxylic acids is 1. The van der Waals surface area contributed by atoms with Gasteiger partial charge in [0.1, 0.15) is 5.41 Å². The van der Waals surface area contributed by atoms with Crippen molar-refractivity contribution in [3.63, 3.8) is 0 Å². The monoisotopic (exact) mass is 171 g/mol. The number of hydrogen-bond acceptors (Lipinski definition) is 3. The van der Waals surface area contributed by atoms with Crippen molar-refractivity contribution in [1.29, 1.82) is 0 Å². The number of nitrogens with one attached hydrogen (secondary N) is 1. The van der Waals surface area contributed by atoms with Gasteiger partial charge in [0.2, 0.25) is 0 Å². The molecule has 0 amide bonds. The van der Waals surface area contributed by atoms with E-state index in [4.69, 9.17) is 5.11 Å². The predicted molar refractivity (Wildman–Crippen MR) is 41.7 cm³/mol. The molecule has 0 radical (unpaired) electrons. The molecule has 1 aliphatic carbocycles. The summed E-state index contributed by atoms with van der Waals surface area (Å²) in [4.78, 5) is 10.9. The number of fused-ring (bicyclic) bond motifs is 2. The minimum atomic E-state index is -0.886. The van der Waals surface area contributed by atoms with E-state index in [-0.39, 0.29) is 5.92 Å². The van der Waals surface area contributed by atoms with Gasteiger partial charge in [-0.05, 0) is 18.8 Å². The molecule has 4 nitrogen and oxygen atoms in total. The summed E-state index contributed by atoms with van der Waals surface area (Å²) in [6.07, 6.45) is 0.804. The molecule has 3 N–H and O–H groups in total. The Labute approximate surface area is 70.6 Å². The smallest absolute Gasteiger partial charge is 0.313 e. The lowest BCUT2D eigenvalue weighted by molar-refractivity contribution is -0.156. The van der Waals surface area contributed by atoms with Crippen molar-refractivity contribution >= 4 is 5.97 Å². The topological polar surface area (TPSA) is 69.6 Å². The molecule has 4 heteroatoms. The van der Waals surface area contributed by atoms with E-state index in [0.29, 0.717) is 13.0 Å². The van der Waals surface area contributed by atoms with Gasteiger partial charge in [0.05, 0.1) is 6.10 Å². The van der Waals surface area contributed by atoms with Gasteiger partial charge in [0.15, 0.2) is 0 Å². The minimum Gasteiger partial charge on any atom is -0.481 e. The maximum atomic E-state index is 10.9. The maximum Gasteiger partial charge on any atom is 0.313 e. The van der Waals surface area contributed by atoms with E-state index in [0.717, 1.165) is 13.0 Å². The third-order valence-corrected chi connectivity index (χ3v) is 3.25. The van der Waals surface area contributed by atoms with Gasteiger partial charge >= 0.3 is 5.97 Å². The highest BCUT2D eigenvalue weighted by Crippen LogP contribution is 2.44. The molecule has 0 aromatic heterocycles. The first-order chi connectivity index (χ1) is 5.67. The van der Waals surface area contributed by atoms with Crippen LogP contribution in [0.1, 0.15) is 12.8 Å². The maximum absolute atomic E-state index is 10.9. The second-order valence-electron chi connectivity index (χ2n) is 3.84. The summed E-state index contributed by atoms with van der Waals surface area (Å²) < 4.78 is 0. The Kier molecular flexibility index (Phi) is 1.63. The fraction of sp³-hybridized carbons (Fsp3) is 0.875. The lowest BCUT2D eigenvalue weighted by Gasteiger charge is -2.34. The van der Waals surface area contributed by atoms with Crippen LogP contribution in [0.15, 0.2) is 0 Å². The highest BCUT2D eigenvalue weighted by atomic mass is 16.4. The lowest BCUT2D eigenvalue weighted by Crippen LogP contribution is -2.53. The van der Waals surface area contributed by atoms with Gasteiger partial charge in [-0.1, -0.05) is 0 Å². The van der Waals surface area contributed by atoms with Crippen molar-refractivity contribution in [2.24, 2.45) is 11.3 Å². The molecular weight excluding hydrogens is 158 g/mol. The number of aliphatic hydroxyl groups is 1. The number of carbonyl (C=O) groups is 1. The zero-order chi connectivity index (χ0) is 8.77. The van der Waals surface area contributed by atoms with Crippen molar-refractivity contribution in [2.45, 2.75) is 18.9 Å². The normalized spacial score (nSPS) is 46.1. The zero-order valence-electron chi connectivity index (χ0n) is 6.79. The standard InChI is InChI=1S/C8H13NO3/c10-6-5-1-2-8(6,7(11)12)4-9-3-5/h5-6,9-10H,1-4H2,(H,11,12)/t5-,6+,8-/m0/s1. The molecule has 1 saturated carbocycles. The van der Waals surface area contributed by atoms with E-state index in [2.05, 4.69) is 5.32 Å². The van der Waals surface area contributed by atoms with Crippen LogP contribution in [0.2, 0.25) is 0 Å². The molecule has 2 rings (SSSR count). The molecule has 3 atom stereocenters. The zero-order valence-corrected chi connectivity index (χ0v) is 6.79. The van der Waals surface area contributed by atoms with Crippen molar-refractivity contribution in [3.05, 3.63) is 0 Å². The molecule has 0 spiro atoms. The van der Waals surface area contributed by atoms with Crippen LogP contribution in [-0.4, -0.2) is 35.4 Å². The first-order valence-electron chi connectivity index (χ1n) is 4.29. The Morgan fingerprint density at radius 1 is 1.58 bits per heavy atom. The summed E-state index contributed by atoms with van der Waals surface area (Å²) in [5.41, 5.74) is -0.886. The molecule has 2 bridgehead atoms. The molecule has 0 aromatic carbocycles. The van der Waals surface area contributed by atoms with Gasteiger partial charge in [0.25, 0.3) is 0 Å². The van der Waals surface area contributed by atoms with Crippen molar-refractivity contribution < 1.29 is 15.0 Å². The number of rotatable bonds is 1. The van der Waals surface area contributed by atoms with Crippen LogP contribution in [0.25, 0.3) is 0 Å². The number of piperidine rings is 1. The Morgan fingerprint density at radius 3 is 2.92 bits per heavy atom. The van der Waals surface area contributed by atoms with Crippen LogP contribution >= 0.6 is 0 Å². The third-order valence-electron chi connectivity index (χ3n) is 3.25. The van der Waals surface area contributed by atoms with Gasteiger partial charge < -0.3 is 15.5 Å². The molecule has 0 unspecified atom stereocenters. The fourth-order valence-corrected chi connectivity index (χ4v) is 2.40. The molecule has 2 fully saturated rings. The summed E-state index contributed by atoms with van der Waals surface area (Å²) in [5.74, 6) is -0.709. The Balaban J connectivity index is 2.29. The largest absolute Gasteiger partial charge is 0.481 e. The van der Waals surface area contributed by atoms with Gasteiger partial charge in [-0.15, -0.1) is 0 Å². The van der Waals surface area contributed by atoms with Gasteiger partial charge in [0, 0.05) is 13.1 Å². The number of aliphatic hydroxyl groups excluding tert-OH is 1. The summed E-state index contributed by atoms with van der Waals surface area (Å²) in [5, 5.41) is 21.8. The highest BCUT2D eigenvalue weighted by Gasteiger charge is 2.55. The van der Waals surface area contributed by atoms with Crippen molar-refractivity contribution in [2.75, 3.05) is 13.1 Å². The van der Waals surface area contributed by atoms with Gasteiger partial charge in [-0.3, -0.25) is 4.79 Å². The molecule has 1 saturated heterocycles. The SMILES string of the molecule is O=C(O)[C@@]12CC[C@@H](CNC1)[C@H]2O. The molecule has 0 aromatic rings. The van der Waals surface area contributed by atoms with Crippen molar-refractivity contribution in [1.82, 2.24) is 5.32 Å². The second kappa shape index (κ2) is 2.44. The second-order valence-corrected chi connectivity index (χ2v) is 3.84. The van der Waals surface area contributed by atoms with E-state index >= 15 is 0 Å². The average molecular weight is 171 g/mol. The van der Waals surface area contributed by atoms with E-state index < -0.39 is 17.5 Å². The Morgan fingerprint density at radius 2 is 2.33 bits per heavy atom. The molecular formula is C8H13NO3. The van der Waals surface area contributed by atoms with Crippen LogP contribution in [0.5, 0.6) is 0 Å². The van der Waals surface area contributed by atoms with Crippen LogP contribution in [-0.2, 0) is 4.79 Å². The lowest BCUT2D eigenvalue weighted by atomic mass is 9.80. The van der Waals surface area contributed by atoms with E-state index in [1.807, 2.05) is 0 Å². The van der Waals surface area contributed by atoms with E-state index in [1.54, 1.807) is 0 Å². The Bertz CT molecular complexity index is 214. The summed E-state index contributed by atoms with van der Waals surface area (Å²) in [6.45, 7) is 1.18. The molecule has 12 heavy (non-hydrogen) atoms. The first-order valence-corrected chi connectivity index (χ1v) is 4.29. The molecule has 1 aliphatic heterocycles. The van der Waals surface area contributed by atoms with Crippen molar-refractivity contribution in [3.8, 4) is 0 Å². The quantitative estimate of drug-likeness (QED) is 0.494. The third kappa shape index (κ3) is 0.820. The van der Waals surface area contributed by atoms with Gasteiger partial charge in [-0.2, -0.15) is 0 Å². The summed E-state index contributed by atoms with van der Waals surface area (Å²) >= 11 is 0. The molecule has 1 heterocycles. The summed E-state index contributed by atoms with van der Waals surface area (Å²) in [7, 11) is 0. The number of carboxylic acids is 1. The summed E-state index contributed by atoms with van der Waals surface area (Å²) in [6, 6.07) is 0. The van der Waals surface area contributed by atoms with E-state index in [9.17, 15) is 9.90 Å². The fourth-order valence-electron chi connectivity index (χ4n) is 2.40. The number of carboxylic acid groups (broad SMARTS) is 1. The highest BCUT2D eigenvalue weighted by molar-refractivity contribution is 5.76. The Hall–Kier alpha value is -0.610. The minimum absolute atomic E-state index is 0.148. The van der Waals surface area contributed by atoms with E-state index in [1.165, 1.54) is 0 Å². The van der Waals surface area contributed by atoms with Crippen LogP contribution in [0, 0.1) is 11.3 Å². The van der Waals surface area contributed by atoms with Crippen LogP contribution in [0.4, 0.5) is 0 Å².